The Morgan fingerprint density at radius 3 is 2.16 bits per heavy atom. The largest absolute Gasteiger partial charge is 0.386 e. The highest BCUT2D eigenvalue weighted by Gasteiger charge is 2.24. The van der Waals surface area contributed by atoms with Crippen LogP contribution in [0, 0.1) is 6.92 Å². The van der Waals surface area contributed by atoms with E-state index in [-0.39, 0.29) is 10.3 Å². The van der Waals surface area contributed by atoms with E-state index in [1.165, 1.54) is 0 Å². The van der Waals surface area contributed by atoms with Gasteiger partial charge in [0.25, 0.3) is 10.0 Å². The molecule has 2 aromatic carbocycles. The Balaban J connectivity index is 2.03. The molecule has 0 aliphatic rings. The quantitative estimate of drug-likeness (QED) is 0.549. The van der Waals surface area contributed by atoms with Crippen LogP contribution in [-0.2, 0) is 21.0 Å². The van der Waals surface area contributed by atoms with Crippen molar-refractivity contribution in [3.63, 3.8) is 0 Å². The Bertz CT molecular complexity index is 1200. The third-order valence-electron chi connectivity index (χ3n) is 5.13. The van der Waals surface area contributed by atoms with Gasteiger partial charge in [-0.2, -0.15) is 5.10 Å². The second kappa shape index (κ2) is 7.97. The molecule has 1 heterocycles. The van der Waals surface area contributed by atoms with Crippen LogP contribution >= 0.6 is 11.6 Å². The van der Waals surface area contributed by atoms with Crippen molar-refractivity contribution in [1.82, 2.24) is 9.78 Å². The molecule has 31 heavy (non-hydrogen) atoms. The lowest BCUT2D eigenvalue weighted by molar-refractivity contribution is 0.0779. The van der Waals surface area contributed by atoms with Crippen LogP contribution in [-0.4, -0.2) is 23.3 Å². The first-order valence-corrected chi connectivity index (χ1v) is 11.8. The molecule has 0 fully saturated rings. The summed E-state index contributed by atoms with van der Waals surface area (Å²) in [6.45, 7) is 11.4. The number of halogens is 1. The maximum Gasteiger partial charge on any atom is 0.261 e. The first kappa shape index (κ1) is 23.3. The van der Waals surface area contributed by atoms with Gasteiger partial charge in [0, 0.05) is 16.3 Å². The van der Waals surface area contributed by atoms with Crippen LogP contribution < -0.4 is 4.72 Å². The summed E-state index contributed by atoms with van der Waals surface area (Å²) >= 11 is 6.20. The van der Waals surface area contributed by atoms with Crippen molar-refractivity contribution >= 4 is 27.3 Å². The molecule has 0 spiro atoms. The van der Waals surface area contributed by atoms with E-state index in [1.807, 2.05) is 19.1 Å². The maximum absolute atomic E-state index is 13.1. The van der Waals surface area contributed by atoms with Crippen molar-refractivity contribution < 1.29 is 13.5 Å². The van der Waals surface area contributed by atoms with Crippen LogP contribution in [0.1, 0.15) is 51.4 Å². The number of nitrogens with one attached hydrogen (secondary N) is 1. The Morgan fingerprint density at radius 1 is 1.03 bits per heavy atom. The molecular formula is C23H28ClN3O3S. The zero-order valence-electron chi connectivity index (χ0n) is 18.6. The number of benzene rings is 2. The summed E-state index contributed by atoms with van der Waals surface area (Å²) in [5, 5.41) is 15.2. The molecule has 0 bridgehead atoms. The average molecular weight is 462 g/mol. The van der Waals surface area contributed by atoms with Gasteiger partial charge in [0.2, 0.25) is 0 Å². The summed E-state index contributed by atoms with van der Waals surface area (Å²) < 4.78 is 30.4. The Hall–Kier alpha value is -2.35. The highest BCUT2D eigenvalue weighted by Crippen LogP contribution is 2.31. The third kappa shape index (κ3) is 4.95. The van der Waals surface area contributed by atoms with Gasteiger partial charge in [0.1, 0.15) is 0 Å². The highest BCUT2D eigenvalue weighted by molar-refractivity contribution is 7.92. The predicted molar refractivity (Wildman–Crippen MR) is 125 cm³/mol. The van der Waals surface area contributed by atoms with E-state index in [9.17, 15) is 13.5 Å². The fraction of sp³-hybridized carbons (Fsp3) is 0.348. The van der Waals surface area contributed by atoms with Crippen LogP contribution in [0.15, 0.2) is 53.6 Å². The van der Waals surface area contributed by atoms with Crippen molar-refractivity contribution in [2.75, 3.05) is 4.72 Å². The van der Waals surface area contributed by atoms with Crippen LogP contribution in [0.3, 0.4) is 0 Å². The molecule has 0 aliphatic carbocycles. The zero-order valence-corrected chi connectivity index (χ0v) is 20.1. The molecule has 6 nitrogen and oxygen atoms in total. The molecule has 166 valence electrons. The normalized spacial score (nSPS) is 12.8. The topological polar surface area (TPSA) is 84.2 Å². The van der Waals surface area contributed by atoms with E-state index in [2.05, 4.69) is 30.6 Å². The minimum Gasteiger partial charge on any atom is -0.386 e. The summed E-state index contributed by atoms with van der Waals surface area (Å²) in [6, 6.07) is 11.7. The van der Waals surface area contributed by atoms with Gasteiger partial charge in [0.15, 0.2) is 0 Å². The van der Waals surface area contributed by atoms with Gasteiger partial charge in [-0.05, 0) is 62.1 Å². The lowest BCUT2D eigenvalue weighted by atomic mass is 9.87. The van der Waals surface area contributed by atoms with Crippen molar-refractivity contribution in [2.24, 2.45) is 0 Å². The average Bonchev–Trinajstić information content (AvgIpc) is 3.04. The molecule has 0 unspecified atom stereocenters. The first-order valence-electron chi connectivity index (χ1n) is 9.91. The zero-order chi connectivity index (χ0) is 23.2. The molecule has 1 aromatic heterocycles. The van der Waals surface area contributed by atoms with Gasteiger partial charge >= 0.3 is 0 Å². The number of aliphatic hydroxyl groups is 1. The Morgan fingerprint density at radius 2 is 1.65 bits per heavy atom. The van der Waals surface area contributed by atoms with Crippen LogP contribution in [0.25, 0.3) is 5.69 Å². The summed E-state index contributed by atoms with van der Waals surface area (Å²) in [7, 11) is -3.84. The van der Waals surface area contributed by atoms with E-state index < -0.39 is 15.6 Å². The summed E-state index contributed by atoms with van der Waals surface area (Å²) in [5.41, 5.74) is 2.01. The standard InChI is InChI=1S/C23H28ClN3O3S/c1-15-19(23(5,6)28)14-25-27(15)21-13-17(24)9-12-20(21)26-31(29,30)18-10-7-16(8-11-18)22(2,3)4/h7-14,26,28H,1-6H3. The SMILES string of the molecule is Cc1c(C(C)(C)O)cnn1-c1cc(Cl)ccc1NS(=O)(=O)c1ccc(C(C)(C)C)cc1. The van der Waals surface area contributed by atoms with Crippen molar-refractivity contribution in [3.8, 4) is 5.69 Å². The molecule has 0 amide bonds. The monoisotopic (exact) mass is 461 g/mol. The van der Waals surface area contributed by atoms with Gasteiger partial charge < -0.3 is 5.11 Å². The summed E-state index contributed by atoms with van der Waals surface area (Å²) in [4.78, 5) is 0.163. The summed E-state index contributed by atoms with van der Waals surface area (Å²) in [5.74, 6) is 0. The summed E-state index contributed by atoms with van der Waals surface area (Å²) in [6.07, 6.45) is 1.57. The molecule has 0 saturated heterocycles. The van der Waals surface area contributed by atoms with Crippen LogP contribution in [0.4, 0.5) is 5.69 Å². The van der Waals surface area contributed by atoms with E-state index in [0.717, 1.165) is 5.56 Å². The number of hydrogen-bond donors (Lipinski definition) is 2. The predicted octanol–water partition coefficient (Wildman–Crippen LogP) is 5.16. The Kier molecular flexibility index (Phi) is 5.99. The second-order valence-corrected chi connectivity index (χ2v) is 11.3. The molecule has 0 aliphatic heterocycles. The van der Waals surface area contributed by atoms with Gasteiger partial charge in [0.05, 0.1) is 28.1 Å². The van der Waals surface area contributed by atoms with Crippen molar-refractivity contribution in [2.45, 2.75) is 57.5 Å². The maximum atomic E-state index is 13.1. The van der Waals surface area contributed by atoms with Gasteiger partial charge in [-0.1, -0.05) is 44.5 Å². The van der Waals surface area contributed by atoms with Gasteiger partial charge in [-0.15, -0.1) is 0 Å². The number of hydrogen-bond acceptors (Lipinski definition) is 4. The molecule has 2 N–H and O–H groups in total. The van der Waals surface area contributed by atoms with Crippen LogP contribution in [0.5, 0.6) is 0 Å². The van der Waals surface area contributed by atoms with E-state index in [0.29, 0.717) is 27.7 Å². The fourth-order valence-corrected chi connectivity index (χ4v) is 4.60. The molecule has 0 saturated carbocycles. The molecule has 0 atom stereocenters. The van der Waals surface area contributed by atoms with Gasteiger partial charge in [-0.25, -0.2) is 13.1 Å². The number of rotatable bonds is 5. The molecule has 3 aromatic rings. The van der Waals surface area contributed by atoms with E-state index >= 15 is 0 Å². The van der Waals surface area contributed by atoms with Crippen molar-refractivity contribution in [3.05, 3.63) is 70.5 Å². The lowest BCUT2D eigenvalue weighted by Crippen LogP contribution is -2.18. The molecule has 8 heteroatoms. The van der Waals surface area contributed by atoms with E-state index in [4.69, 9.17) is 11.6 Å². The highest BCUT2D eigenvalue weighted by atomic mass is 35.5. The minimum atomic E-state index is -3.84. The molecule has 3 rings (SSSR count). The second-order valence-electron chi connectivity index (χ2n) is 9.16. The first-order chi connectivity index (χ1) is 14.2. The number of sulfonamides is 1. The fourth-order valence-electron chi connectivity index (χ4n) is 3.36. The van der Waals surface area contributed by atoms with Crippen LogP contribution in [0.2, 0.25) is 5.02 Å². The lowest BCUT2D eigenvalue weighted by Gasteiger charge is -2.20. The number of nitrogens with zero attached hydrogens (tertiary/aromatic N) is 2. The van der Waals surface area contributed by atoms with E-state index in [1.54, 1.807) is 55.1 Å². The third-order valence-corrected chi connectivity index (χ3v) is 6.75. The molecule has 0 radical (unpaired) electrons. The van der Waals surface area contributed by atoms with Gasteiger partial charge in [-0.3, -0.25) is 4.72 Å². The number of aromatic nitrogens is 2. The molecular weight excluding hydrogens is 434 g/mol. The van der Waals surface area contributed by atoms with Crippen molar-refractivity contribution in [1.29, 1.82) is 0 Å². The number of anilines is 1. The minimum absolute atomic E-state index is 0.0745. The smallest absolute Gasteiger partial charge is 0.261 e. The Labute approximate surface area is 188 Å².